The van der Waals surface area contributed by atoms with Crippen LogP contribution in [0.15, 0.2) is 28.7 Å². The Morgan fingerprint density at radius 3 is 2.60 bits per heavy atom. The number of nitrogens with one attached hydrogen (secondary N) is 2. The molecule has 2 aromatic rings. The molecule has 4 fully saturated rings. The number of hydrogen-bond donors (Lipinski definition) is 2. The first-order chi connectivity index (χ1) is 11.9. The first kappa shape index (κ1) is 15.5. The van der Waals surface area contributed by atoms with Crippen molar-refractivity contribution < 1.29 is 22.4 Å². The lowest BCUT2D eigenvalue weighted by Gasteiger charge is -2.47. The summed E-state index contributed by atoms with van der Waals surface area (Å²) < 4.78 is 43.3. The molecule has 3 aliphatic carbocycles. The van der Waals surface area contributed by atoms with Gasteiger partial charge >= 0.3 is 6.18 Å². The monoisotopic (exact) mass is 353 g/mol. The van der Waals surface area contributed by atoms with Crippen LogP contribution in [0.3, 0.4) is 0 Å². The smallest absolute Gasteiger partial charge is 0.449 e. The number of hydrogen-bond acceptors (Lipinski definition) is 5. The summed E-state index contributed by atoms with van der Waals surface area (Å²) in [6.07, 6.45) is 1.24. The average Bonchev–Trinajstić information content (AvgIpc) is 3.19. The first-order valence-electron chi connectivity index (χ1n) is 8.55. The third kappa shape index (κ3) is 2.43. The third-order valence-corrected chi connectivity index (χ3v) is 5.76. The van der Waals surface area contributed by atoms with Crippen LogP contribution >= 0.6 is 0 Å². The number of alkyl halides is 3. The van der Waals surface area contributed by atoms with Crippen molar-refractivity contribution >= 4 is 16.7 Å². The van der Waals surface area contributed by atoms with E-state index >= 15 is 0 Å². The molecule has 2 N–H and O–H groups in total. The predicted octanol–water partition coefficient (Wildman–Crippen LogP) is 4.12. The summed E-state index contributed by atoms with van der Waals surface area (Å²) in [7, 11) is 0. The molecule has 8 heteroatoms. The van der Waals surface area contributed by atoms with Gasteiger partial charge in [0.1, 0.15) is 5.58 Å². The quantitative estimate of drug-likeness (QED) is 0.808. The lowest BCUT2D eigenvalue weighted by Crippen LogP contribution is -2.57. The van der Waals surface area contributed by atoms with Gasteiger partial charge in [-0.15, -0.1) is 0 Å². The van der Waals surface area contributed by atoms with Gasteiger partial charge in [-0.25, -0.2) is 5.12 Å². The van der Waals surface area contributed by atoms with E-state index in [2.05, 4.69) is 11.0 Å². The number of furan rings is 1. The largest absolute Gasteiger partial charge is 0.451 e. The highest BCUT2D eigenvalue weighted by Crippen LogP contribution is 2.49. The van der Waals surface area contributed by atoms with E-state index in [9.17, 15) is 13.2 Å². The number of hydrazine groups is 2. The summed E-state index contributed by atoms with van der Waals surface area (Å²) in [5, 5.41) is 2.06. The molecule has 0 radical (unpaired) electrons. The highest BCUT2D eigenvalue weighted by molar-refractivity contribution is 5.82. The van der Waals surface area contributed by atoms with Crippen molar-refractivity contribution in [2.24, 2.45) is 11.8 Å². The summed E-state index contributed by atoms with van der Waals surface area (Å²) in [5.41, 5.74) is 6.77. The van der Waals surface area contributed by atoms with Crippen LogP contribution in [-0.2, 0) is 11.0 Å². The molecule has 1 spiro atoms. The maximum absolute atomic E-state index is 12.8. The molecule has 2 heterocycles. The van der Waals surface area contributed by atoms with E-state index in [1.165, 1.54) is 12.8 Å². The second-order valence-corrected chi connectivity index (χ2v) is 7.28. The maximum atomic E-state index is 12.8. The summed E-state index contributed by atoms with van der Waals surface area (Å²) in [5.74, 6) is 0.133. The highest BCUT2D eigenvalue weighted by atomic mass is 19.4. The minimum absolute atomic E-state index is 0.211. The molecular formula is C17H18F3N3O2. The summed E-state index contributed by atoms with van der Waals surface area (Å²) in [6, 6.07) is 5.92. The van der Waals surface area contributed by atoms with Crippen LogP contribution in [0.2, 0.25) is 0 Å². The number of anilines is 1. The van der Waals surface area contributed by atoms with Crippen molar-refractivity contribution in [2.45, 2.75) is 44.0 Å². The first-order valence-corrected chi connectivity index (χ1v) is 8.55. The molecule has 25 heavy (non-hydrogen) atoms. The molecule has 0 unspecified atom stereocenters. The van der Waals surface area contributed by atoms with Crippen LogP contribution < -0.4 is 16.1 Å². The zero-order valence-corrected chi connectivity index (χ0v) is 13.4. The lowest BCUT2D eigenvalue weighted by molar-refractivity contribution is -0.153. The summed E-state index contributed by atoms with van der Waals surface area (Å²) in [4.78, 5) is 5.92. The van der Waals surface area contributed by atoms with E-state index in [1.807, 2.05) is 0 Å². The molecule has 134 valence electrons. The second-order valence-electron chi connectivity index (χ2n) is 7.28. The minimum Gasteiger partial charge on any atom is -0.451 e. The van der Waals surface area contributed by atoms with Crippen LogP contribution in [0.5, 0.6) is 0 Å². The molecule has 1 aromatic carbocycles. The molecule has 1 saturated heterocycles. The Labute approximate surface area is 142 Å². The van der Waals surface area contributed by atoms with Crippen LogP contribution in [0.1, 0.15) is 37.9 Å². The zero-order valence-electron chi connectivity index (χ0n) is 13.4. The van der Waals surface area contributed by atoms with E-state index in [0.29, 0.717) is 22.9 Å². The Morgan fingerprint density at radius 2 is 1.92 bits per heavy atom. The summed E-state index contributed by atoms with van der Waals surface area (Å²) in [6.45, 7) is 0. The average molecular weight is 353 g/mol. The van der Waals surface area contributed by atoms with Gasteiger partial charge in [0, 0.05) is 11.3 Å². The number of fused-ring (bicyclic) bond motifs is 3. The molecule has 1 atom stereocenters. The van der Waals surface area contributed by atoms with Crippen LogP contribution in [0.4, 0.5) is 18.9 Å². The normalized spacial score (nSPS) is 32.2. The van der Waals surface area contributed by atoms with Gasteiger partial charge in [-0.1, -0.05) is 5.59 Å². The number of halogens is 3. The van der Waals surface area contributed by atoms with Gasteiger partial charge in [-0.2, -0.15) is 18.6 Å². The van der Waals surface area contributed by atoms with Gasteiger partial charge in [0.15, 0.2) is 5.72 Å². The second kappa shape index (κ2) is 5.12. The standard InChI is InChI=1S/C17H18F3N3O2/c18-17(19,20)15-8-11-7-13(5-6-14(11)24-15)23-21-16(25-22-23)9-10-1-3-12(16)4-2-10/h5-8,10,12,21-22H,1-4,9H2/t10?,12?,16-/m1/s1. The van der Waals surface area contributed by atoms with Gasteiger partial charge in [0.25, 0.3) is 0 Å². The Bertz CT molecular complexity index is 813. The van der Waals surface area contributed by atoms with E-state index in [0.717, 1.165) is 25.3 Å². The van der Waals surface area contributed by atoms with E-state index in [-0.39, 0.29) is 5.58 Å². The molecule has 0 amide bonds. The fourth-order valence-corrected chi connectivity index (χ4v) is 4.48. The van der Waals surface area contributed by atoms with Crippen molar-refractivity contribution in [3.05, 3.63) is 30.0 Å². The fourth-order valence-electron chi connectivity index (χ4n) is 4.48. The number of rotatable bonds is 1. The Morgan fingerprint density at radius 1 is 1.12 bits per heavy atom. The molecule has 1 aromatic heterocycles. The number of nitrogens with zero attached hydrogens (tertiary/aromatic N) is 1. The van der Waals surface area contributed by atoms with Gasteiger partial charge in [-0.3, -0.25) is 4.84 Å². The Hall–Kier alpha value is -1.77. The minimum atomic E-state index is -4.49. The van der Waals surface area contributed by atoms with Gasteiger partial charge in [0.05, 0.1) is 5.69 Å². The zero-order chi connectivity index (χ0) is 17.2. The van der Waals surface area contributed by atoms with E-state index in [4.69, 9.17) is 9.25 Å². The lowest BCUT2D eigenvalue weighted by atomic mass is 9.66. The van der Waals surface area contributed by atoms with Crippen LogP contribution in [0.25, 0.3) is 11.0 Å². The fraction of sp³-hybridized carbons (Fsp3) is 0.529. The van der Waals surface area contributed by atoms with Crippen LogP contribution in [0, 0.1) is 11.8 Å². The molecule has 6 rings (SSSR count). The van der Waals surface area contributed by atoms with Crippen molar-refractivity contribution in [2.75, 3.05) is 5.12 Å². The number of benzene rings is 1. The van der Waals surface area contributed by atoms with E-state index < -0.39 is 17.7 Å². The Kier molecular flexibility index (Phi) is 3.17. The topological polar surface area (TPSA) is 49.7 Å². The molecule has 5 nitrogen and oxygen atoms in total. The Balaban J connectivity index is 1.42. The summed E-state index contributed by atoms with van der Waals surface area (Å²) >= 11 is 0. The molecule has 2 bridgehead atoms. The van der Waals surface area contributed by atoms with Crippen LogP contribution in [-0.4, -0.2) is 5.72 Å². The van der Waals surface area contributed by atoms with Crippen molar-refractivity contribution in [3.8, 4) is 0 Å². The maximum Gasteiger partial charge on any atom is 0.449 e. The highest BCUT2D eigenvalue weighted by Gasteiger charge is 2.53. The predicted molar refractivity (Wildman–Crippen MR) is 83.8 cm³/mol. The SMILES string of the molecule is FC(F)(F)c1cc2cc(N3NO[C@@]4(CC5CCC4CC5)N3)ccc2o1. The molecular weight excluding hydrogens is 335 g/mol. The van der Waals surface area contributed by atoms with Gasteiger partial charge in [-0.05, 0) is 62.3 Å². The van der Waals surface area contributed by atoms with E-state index in [1.54, 1.807) is 23.3 Å². The van der Waals surface area contributed by atoms with Crippen molar-refractivity contribution in [1.29, 1.82) is 0 Å². The third-order valence-electron chi connectivity index (χ3n) is 5.76. The van der Waals surface area contributed by atoms with Gasteiger partial charge in [0.2, 0.25) is 5.76 Å². The molecule has 3 saturated carbocycles. The van der Waals surface area contributed by atoms with Gasteiger partial charge < -0.3 is 4.42 Å². The molecule has 4 aliphatic rings. The molecule has 1 aliphatic heterocycles. The van der Waals surface area contributed by atoms with Crippen molar-refractivity contribution in [3.63, 3.8) is 0 Å². The van der Waals surface area contributed by atoms with Crippen molar-refractivity contribution in [1.82, 2.24) is 11.0 Å².